The summed E-state index contributed by atoms with van der Waals surface area (Å²) in [4.78, 5) is 22.1. The van der Waals surface area contributed by atoms with Gasteiger partial charge in [0.1, 0.15) is 5.69 Å². The second kappa shape index (κ2) is 5.87. The molecule has 0 bridgehead atoms. The van der Waals surface area contributed by atoms with Gasteiger partial charge in [0.15, 0.2) is 0 Å². The molecule has 0 aliphatic carbocycles. The van der Waals surface area contributed by atoms with Crippen molar-refractivity contribution in [3.8, 4) is 0 Å². The lowest BCUT2D eigenvalue weighted by Gasteiger charge is -2.19. The Labute approximate surface area is 116 Å². The monoisotopic (exact) mass is 279 g/mol. The van der Waals surface area contributed by atoms with Crippen molar-refractivity contribution in [2.45, 2.75) is 25.9 Å². The minimum atomic E-state index is -0.420. The van der Waals surface area contributed by atoms with E-state index in [4.69, 9.17) is 4.74 Å². The van der Waals surface area contributed by atoms with Gasteiger partial charge in [-0.05, 0) is 25.0 Å². The Morgan fingerprint density at radius 2 is 2.25 bits per heavy atom. The molecule has 0 saturated heterocycles. The summed E-state index contributed by atoms with van der Waals surface area (Å²) in [5.74, 6) is -0.0671. The minimum Gasteiger partial charge on any atom is -0.380 e. The van der Waals surface area contributed by atoms with Crippen LogP contribution in [0.4, 0.5) is 17.1 Å². The molecule has 1 aliphatic rings. The number of benzene rings is 1. The number of ether oxygens (including phenoxy) is 1. The summed E-state index contributed by atoms with van der Waals surface area (Å²) in [6, 6.07) is 3.14. The van der Waals surface area contributed by atoms with Crippen LogP contribution in [0.5, 0.6) is 0 Å². The number of amides is 1. The summed E-state index contributed by atoms with van der Waals surface area (Å²) in [5, 5.41) is 16.9. The number of methoxy groups -OCH3 is 1. The number of nitrogens with zero attached hydrogens (tertiary/aromatic N) is 1. The highest BCUT2D eigenvalue weighted by atomic mass is 16.6. The maximum atomic E-state index is 11.4. The van der Waals surface area contributed by atoms with E-state index in [2.05, 4.69) is 10.6 Å². The molecule has 0 saturated carbocycles. The van der Waals surface area contributed by atoms with Crippen LogP contribution < -0.4 is 10.6 Å². The molecule has 7 heteroatoms. The number of fused-ring (bicyclic) bond motifs is 1. The molecule has 0 aromatic heterocycles. The highest BCUT2D eigenvalue weighted by Crippen LogP contribution is 2.34. The van der Waals surface area contributed by atoms with Crippen LogP contribution in [0.15, 0.2) is 12.1 Å². The van der Waals surface area contributed by atoms with Crippen molar-refractivity contribution < 1.29 is 14.5 Å². The first-order chi connectivity index (χ1) is 9.51. The molecule has 1 aromatic rings. The fourth-order valence-electron chi connectivity index (χ4n) is 2.05. The number of carbonyl (C=O) groups excluding carboxylic acids is 1. The van der Waals surface area contributed by atoms with Gasteiger partial charge in [-0.2, -0.15) is 0 Å². The third-order valence-corrected chi connectivity index (χ3v) is 3.30. The molecule has 2 N–H and O–H groups in total. The van der Waals surface area contributed by atoms with Crippen LogP contribution in [0.1, 0.15) is 18.9 Å². The summed E-state index contributed by atoms with van der Waals surface area (Å²) >= 11 is 0. The van der Waals surface area contributed by atoms with Crippen molar-refractivity contribution >= 4 is 23.0 Å². The Morgan fingerprint density at radius 3 is 2.90 bits per heavy atom. The smallest absolute Gasteiger partial charge is 0.292 e. The van der Waals surface area contributed by atoms with Crippen molar-refractivity contribution in [2.75, 3.05) is 24.3 Å². The lowest BCUT2D eigenvalue weighted by atomic mass is 10.0. The van der Waals surface area contributed by atoms with Crippen LogP contribution in [-0.4, -0.2) is 30.6 Å². The first-order valence-corrected chi connectivity index (χ1v) is 6.39. The van der Waals surface area contributed by atoms with Gasteiger partial charge in [0.25, 0.3) is 5.69 Å². The zero-order chi connectivity index (χ0) is 14.7. The average molecular weight is 279 g/mol. The zero-order valence-electron chi connectivity index (χ0n) is 11.4. The summed E-state index contributed by atoms with van der Waals surface area (Å²) in [6.45, 7) is 2.31. The van der Waals surface area contributed by atoms with Crippen LogP contribution >= 0.6 is 0 Å². The highest BCUT2D eigenvalue weighted by molar-refractivity contribution is 5.95. The first kappa shape index (κ1) is 14.3. The molecular weight excluding hydrogens is 262 g/mol. The molecule has 20 heavy (non-hydrogen) atoms. The fourth-order valence-corrected chi connectivity index (χ4v) is 2.05. The van der Waals surface area contributed by atoms with E-state index in [1.807, 2.05) is 6.92 Å². The third kappa shape index (κ3) is 3.05. The van der Waals surface area contributed by atoms with Crippen molar-refractivity contribution in [2.24, 2.45) is 0 Å². The standard InChI is InChI=1S/C13H17N3O4/c1-8(20-2)7-14-11-6-10-9(3-4-13(17)15-10)5-12(11)16(18)19/h5-6,8,14H,3-4,7H2,1-2H3,(H,15,17). The molecule has 1 heterocycles. The van der Waals surface area contributed by atoms with Gasteiger partial charge < -0.3 is 15.4 Å². The van der Waals surface area contributed by atoms with Crippen molar-refractivity contribution in [3.63, 3.8) is 0 Å². The summed E-state index contributed by atoms with van der Waals surface area (Å²) in [5.41, 5.74) is 1.84. The van der Waals surface area contributed by atoms with E-state index in [9.17, 15) is 14.9 Å². The number of nitro groups is 1. The minimum absolute atomic E-state index is 0.0169. The van der Waals surface area contributed by atoms with Gasteiger partial charge in [-0.3, -0.25) is 14.9 Å². The quantitative estimate of drug-likeness (QED) is 0.634. The zero-order valence-corrected chi connectivity index (χ0v) is 11.4. The molecule has 0 fully saturated rings. The van der Waals surface area contributed by atoms with Gasteiger partial charge in [-0.25, -0.2) is 0 Å². The molecular formula is C13H17N3O4. The van der Waals surface area contributed by atoms with Crippen molar-refractivity contribution in [3.05, 3.63) is 27.8 Å². The fraction of sp³-hybridized carbons (Fsp3) is 0.462. The second-order valence-electron chi connectivity index (χ2n) is 4.76. The molecule has 1 atom stereocenters. The van der Waals surface area contributed by atoms with E-state index >= 15 is 0 Å². The molecule has 1 amide bonds. The summed E-state index contributed by atoms with van der Waals surface area (Å²) in [7, 11) is 1.58. The van der Waals surface area contributed by atoms with E-state index in [1.54, 1.807) is 13.2 Å². The van der Waals surface area contributed by atoms with Gasteiger partial charge in [0.05, 0.1) is 11.0 Å². The van der Waals surface area contributed by atoms with Crippen LogP contribution in [-0.2, 0) is 16.0 Å². The predicted molar refractivity (Wildman–Crippen MR) is 75.0 cm³/mol. The molecule has 0 spiro atoms. The van der Waals surface area contributed by atoms with E-state index in [0.717, 1.165) is 5.56 Å². The number of nitrogens with one attached hydrogen (secondary N) is 2. The van der Waals surface area contributed by atoms with Crippen LogP contribution in [0.3, 0.4) is 0 Å². The molecule has 7 nitrogen and oxygen atoms in total. The first-order valence-electron chi connectivity index (χ1n) is 6.39. The number of anilines is 2. The Kier molecular flexibility index (Phi) is 4.19. The van der Waals surface area contributed by atoms with E-state index in [1.165, 1.54) is 6.07 Å². The third-order valence-electron chi connectivity index (χ3n) is 3.30. The predicted octanol–water partition coefficient (Wildman–Crippen LogP) is 1.93. The molecule has 108 valence electrons. The normalized spacial score (nSPS) is 15.2. The van der Waals surface area contributed by atoms with Gasteiger partial charge >= 0.3 is 0 Å². The molecule has 1 aliphatic heterocycles. The number of hydrogen-bond donors (Lipinski definition) is 2. The summed E-state index contributed by atoms with van der Waals surface area (Å²) in [6.07, 6.45) is 0.814. The maximum absolute atomic E-state index is 11.4. The number of nitro benzene ring substituents is 1. The maximum Gasteiger partial charge on any atom is 0.292 e. The van der Waals surface area contributed by atoms with Crippen molar-refractivity contribution in [1.82, 2.24) is 0 Å². The molecule has 0 radical (unpaired) electrons. The number of hydrogen-bond acceptors (Lipinski definition) is 5. The lowest BCUT2D eigenvalue weighted by Crippen LogP contribution is -2.21. The average Bonchev–Trinajstić information content (AvgIpc) is 2.43. The highest BCUT2D eigenvalue weighted by Gasteiger charge is 2.22. The molecule has 2 rings (SSSR count). The molecule has 1 unspecified atom stereocenters. The summed E-state index contributed by atoms with van der Waals surface area (Å²) < 4.78 is 5.10. The number of aryl methyl sites for hydroxylation is 1. The van der Waals surface area contributed by atoms with Gasteiger partial charge in [-0.1, -0.05) is 0 Å². The van der Waals surface area contributed by atoms with E-state index in [-0.39, 0.29) is 17.7 Å². The Balaban J connectivity index is 2.30. The van der Waals surface area contributed by atoms with Crippen LogP contribution in [0.2, 0.25) is 0 Å². The van der Waals surface area contributed by atoms with Crippen molar-refractivity contribution in [1.29, 1.82) is 0 Å². The second-order valence-corrected chi connectivity index (χ2v) is 4.76. The van der Waals surface area contributed by atoms with E-state index < -0.39 is 4.92 Å². The lowest BCUT2D eigenvalue weighted by molar-refractivity contribution is -0.384. The van der Waals surface area contributed by atoms with Crippen LogP contribution in [0.25, 0.3) is 0 Å². The van der Waals surface area contributed by atoms with Gasteiger partial charge in [0, 0.05) is 31.8 Å². The van der Waals surface area contributed by atoms with Gasteiger partial charge in [0.2, 0.25) is 5.91 Å². The number of rotatable bonds is 5. The Hall–Kier alpha value is -2.15. The SMILES string of the molecule is COC(C)CNc1cc2c(cc1[N+](=O)[O-])CCC(=O)N2. The van der Waals surface area contributed by atoms with Gasteiger partial charge in [-0.15, -0.1) is 0 Å². The molecule has 1 aromatic carbocycles. The Bertz CT molecular complexity index is 545. The number of carbonyl (C=O) groups is 1. The Morgan fingerprint density at radius 1 is 1.50 bits per heavy atom. The topological polar surface area (TPSA) is 93.5 Å². The largest absolute Gasteiger partial charge is 0.380 e. The van der Waals surface area contributed by atoms with Crippen LogP contribution in [0, 0.1) is 10.1 Å². The van der Waals surface area contributed by atoms with E-state index in [0.29, 0.717) is 30.8 Å².